The molecule has 1 heterocycles. The molecule has 84 valence electrons. The van der Waals surface area contributed by atoms with E-state index in [9.17, 15) is 9.00 Å². The van der Waals surface area contributed by atoms with Gasteiger partial charge in [0.15, 0.2) is 0 Å². The van der Waals surface area contributed by atoms with E-state index in [1.807, 2.05) is 12.3 Å². The fourth-order valence-electron chi connectivity index (χ4n) is 1.19. The van der Waals surface area contributed by atoms with Crippen LogP contribution >= 0.6 is 11.3 Å². The number of carboxylic acid groups (broad SMARTS) is 1. The predicted molar refractivity (Wildman–Crippen MR) is 60.4 cm³/mol. The van der Waals surface area contributed by atoms with Gasteiger partial charge >= 0.3 is 5.97 Å². The van der Waals surface area contributed by atoms with Crippen molar-refractivity contribution in [3.63, 3.8) is 0 Å². The normalized spacial score (nSPS) is 14.8. The molecule has 6 heteroatoms. The molecular weight excluding hydrogens is 234 g/mol. The molecule has 0 radical (unpaired) electrons. The number of carbonyl (C=O) groups is 1. The van der Waals surface area contributed by atoms with Crippen LogP contribution in [0.25, 0.3) is 0 Å². The fourth-order valence-corrected chi connectivity index (χ4v) is 3.15. The number of aliphatic carboxylic acids is 1. The molecule has 1 N–H and O–H groups in total. The number of thiazole rings is 1. The zero-order valence-electron chi connectivity index (χ0n) is 8.60. The van der Waals surface area contributed by atoms with Gasteiger partial charge in [0, 0.05) is 16.2 Å². The van der Waals surface area contributed by atoms with Crippen LogP contribution in [0.5, 0.6) is 0 Å². The molecule has 0 aliphatic heterocycles. The Labute approximate surface area is 94.8 Å². The first-order valence-electron chi connectivity index (χ1n) is 4.55. The number of hydrogen-bond donors (Lipinski definition) is 1. The van der Waals surface area contributed by atoms with Gasteiger partial charge in [-0.25, -0.2) is 4.98 Å². The van der Waals surface area contributed by atoms with Crippen LogP contribution in [0.3, 0.4) is 0 Å². The lowest BCUT2D eigenvalue weighted by Gasteiger charge is -2.07. The zero-order valence-corrected chi connectivity index (χ0v) is 10.2. The first-order valence-corrected chi connectivity index (χ1v) is 6.81. The van der Waals surface area contributed by atoms with Crippen molar-refractivity contribution < 1.29 is 14.1 Å². The van der Waals surface area contributed by atoms with E-state index in [0.29, 0.717) is 6.42 Å². The van der Waals surface area contributed by atoms with Gasteiger partial charge in [-0.05, 0) is 13.3 Å². The number of carboxylic acids is 1. The van der Waals surface area contributed by atoms with E-state index < -0.39 is 22.0 Å². The average molecular weight is 247 g/mol. The highest BCUT2D eigenvalue weighted by Gasteiger charge is 2.23. The molecule has 15 heavy (non-hydrogen) atoms. The second-order valence-electron chi connectivity index (χ2n) is 3.12. The van der Waals surface area contributed by atoms with E-state index in [1.165, 1.54) is 11.3 Å². The molecule has 0 aliphatic carbocycles. The zero-order chi connectivity index (χ0) is 11.4. The number of aromatic nitrogens is 1. The second-order valence-corrected chi connectivity index (χ2v) is 5.80. The summed E-state index contributed by atoms with van der Waals surface area (Å²) in [5.41, 5.74) is 0.718. The smallest absolute Gasteiger partial charge is 0.319 e. The minimum Gasteiger partial charge on any atom is -0.480 e. The maximum Gasteiger partial charge on any atom is 0.319 e. The monoisotopic (exact) mass is 247 g/mol. The van der Waals surface area contributed by atoms with E-state index >= 15 is 0 Å². The number of hydrogen-bond acceptors (Lipinski definition) is 4. The number of aryl methyl sites for hydroxylation is 1. The Hall–Kier alpha value is -0.750. The van der Waals surface area contributed by atoms with Gasteiger partial charge < -0.3 is 5.11 Å². The Bertz CT molecular complexity index is 375. The molecule has 4 nitrogen and oxygen atoms in total. The maximum absolute atomic E-state index is 11.7. The molecule has 2 unspecified atom stereocenters. The lowest BCUT2D eigenvalue weighted by Crippen LogP contribution is -2.25. The lowest BCUT2D eigenvalue weighted by molar-refractivity contribution is -0.136. The van der Waals surface area contributed by atoms with Gasteiger partial charge in [-0.3, -0.25) is 9.00 Å². The van der Waals surface area contributed by atoms with Gasteiger partial charge in [0.25, 0.3) is 0 Å². The molecule has 0 amide bonds. The van der Waals surface area contributed by atoms with Crippen molar-refractivity contribution in [2.24, 2.45) is 0 Å². The highest BCUT2D eigenvalue weighted by molar-refractivity contribution is 7.85. The summed E-state index contributed by atoms with van der Waals surface area (Å²) < 4.78 is 11.7. The van der Waals surface area contributed by atoms with Crippen molar-refractivity contribution in [3.05, 3.63) is 16.1 Å². The quantitative estimate of drug-likeness (QED) is 0.857. The summed E-state index contributed by atoms with van der Waals surface area (Å²) >= 11 is 1.48. The van der Waals surface area contributed by atoms with E-state index in [2.05, 4.69) is 4.98 Å². The van der Waals surface area contributed by atoms with Gasteiger partial charge in [0.05, 0.1) is 16.5 Å². The van der Waals surface area contributed by atoms with Crippen molar-refractivity contribution in [3.8, 4) is 0 Å². The predicted octanol–water partition coefficient (Wildman–Crippen LogP) is 1.56. The van der Waals surface area contributed by atoms with Crippen LogP contribution < -0.4 is 0 Å². The van der Waals surface area contributed by atoms with Crippen LogP contribution in [0.2, 0.25) is 0 Å². The second kappa shape index (κ2) is 5.37. The molecule has 0 spiro atoms. The van der Waals surface area contributed by atoms with Crippen molar-refractivity contribution >= 4 is 28.1 Å². The van der Waals surface area contributed by atoms with Gasteiger partial charge in [0.2, 0.25) is 0 Å². The largest absolute Gasteiger partial charge is 0.480 e. The van der Waals surface area contributed by atoms with E-state index in [1.54, 1.807) is 6.92 Å². The maximum atomic E-state index is 11.7. The lowest BCUT2D eigenvalue weighted by atomic mass is 10.3. The molecule has 1 aromatic heterocycles. The highest BCUT2D eigenvalue weighted by atomic mass is 32.2. The molecule has 0 saturated carbocycles. The summed E-state index contributed by atoms with van der Waals surface area (Å²) in [6.45, 7) is 3.59. The Balaban J connectivity index is 2.66. The van der Waals surface area contributed by atoms with Crippen LogP contribution in [0.1, 0.15) is 24.0 Å². The number of nitrogens with zero attached hydrogens (tertiary/aromatic N) is 1. The van der Waals surface area contributed by atoms with Crippen LogP contribution in [0, 0.1) is 6.92 Å². The van der Waals surface area contributed by atoms with Crippen LogP contribution in [0.15, 0.2) is 5.38 Å². The summed E-state index contributed by atoms with van der Waals surface area (Å²) in [4.78, 5) is 14.9. The Kier molecular flexibility index (Phi) is 4.41. The van der Waals surface area contributed by atoms with Crippen molar-refractivity contribution in [2.45, 2.75) is 31.3 Å². The van der Waals surface area contributed by atoms with Crippen molar-refractivity contribution in [2.75, 3.05) is 0 Å². The molecule has 0 bridgehead atoms. The fraction of sp³-hybridized carbons (Fsp3) is 0.556. The van der Waals surface area contributed by atoms with Gasteiger partial charge in [-0.2, -0.15) is 0 Å². The Morgan fingerprint density at radius 1 is 1.73 bits per heavy atom. The highest BCUT2D eigenvalue weighted by Crippen LogP contribution is 2.13. The van der Waals surface area contributed by atoms with Gasteiger partial charge in [-0.1, -0.05) is 6.92 Å². The summed E-state index contributed by atoms with van der Waals surface area (Å²) in [6, 6.07) is 0. The molecule has 0 aromatic carbocycles. The molecule has 1 aromatic rings. The first kappa shape index (κ1) is 12.3. The van der Waals surface area contributed by atoms with E-state index in [0.717, 1.165) is 10.7 Å². The van der Waals surface area contributed by atoms with Crippen molar-refractivity contribution in [1.82, 2.24) is 4.98 Å². The molecule has 0 saturated heterocycles. The first-order chi connectivity index (χ1) is 7.04. The average Bonchev–Trinajstić information content (AvgIpc) is 2.51. The third-order valence-corrected chi connectivity index (χ3v) is 4.49. The van der Waals surface area contributed by atoms with Crippen LogP contribution in [-0.2, 0) is 21.3 Å². The summed E-state index contributed by atoms with van der Waals surface area (Å²) in [7, 11) is -1.38. The third-order valence-electron chi connectivity index (χ3n) is 1.92. The van der Waals surface area contributed by atoms with Gasteiger partial charge in [-0.15, -0.1) is 11.3 Å². The number of rotatable bonds is 5. The van der Waals surface area contributed by atoms with Crippen LogP contribution in [-0.4, -0.2) is 25.5 Å². The van der Waals surface area contributed by atoms with Crippen molar-refractivity contribution in [1.29, 1.82) is 0 Å². The minimum atomic E-state index is -1.38. The van der Waals surface area contributed by atoms with E-state index in [-0.39, 0.29) is 5.75 Å². The molecule has 0 aliphatic rings. The standard InChI is InChI=1S/C9H13NO3S2/c1-3-8(9(11)12)15(13)5-7-4-14-6(2)10-7/h4,8H,3,5H2,1-2H3,(H,11,12). The summed E-state index contributed by atoms with van der Waals surface area (Å²) in [6.07, 6.45) is 0.380. The Morgan fingerprint density at radius 3 is 2.80 bits per heavy atom. The summed E-state index contributed by atoms with van der Waals surface area (Å²) in [5.74, 6) is -0.766. The third kappa shape index (κ3) is 3.39. The molecule has 1 rings (SSSR count). The minimum absolute atomic E-state index is 0.231. The SMILES string of the molecule is CCC(C(=O)O)S(=O)Cc1csc(C)n1. The Morgan fingerprint density at radius 2 is 2.40 bits per heavy atom. The molecular formula is C9H13NO3S2. The topological polar surface area (TPSA) is 67.3 Å². The van der Waals surface area contributed by atoms with Crippen LogP contribution in [0.4, 0.5) is 0 Å². The van der Waals surface area contributed by atoms with E-state index in [4.69, 9.17) is 5.11 Å². The molecule has 2 atom stereocenters. The van der Waals surface area contributed by atoms with Gasteiger partial charge in [0.1, 0.15) is 5.25 Å². The molecule has 0 fully saturated rings. The summed E-state index contributed by atoms with van der Waals surface area (Å²) in [5, 5.41) is 10.8.